The Labute approximate surface area is 152 Å². The summed E-state index contributed by atoms with van der Waals surface area (Å²) in [5, 5.41) is 2.44. The summed E-state index contributed by atoms with van der Waals surface area (Å²) < 4.78 is 42.1. The second-order valence-corrected chi connectivity index (χ2v) is 5.47. The average Bonchev–Trinajstić information content (AvgIpc) is 2.67. The molecule has 0 fully saturated rings. The number of hydrogen-bond acceptors (Lipinski definition) is 4. The first kappa shape index (κ1) is 18.4. The number of carbonyl (C=O) groups is 1. The Bertz CT molecular complexity index is 974. The molecule has 0 aliphatic carbocycles. The minimum Gasteiger partial charge on any atom is -0.405 e. The van der Waals surface area contributed by atoms with Crippen molar-refractivity contribution < 1.29 is 22.7 Å². The van der Waals surface area contributed by atoms with Gasteiger partial charge in [0.25, 0.3) is 5.91 Å². The SMILES string of the molecule is CNC(=O)c1nccc(-c2cccc(-c3ccccc3OC(F)(F)F)c2)n1. The Hall–Kier alpha value is -3.42. The smallest absolute Gasteiger partial charge is 0.405 e. The molecular formula is C19H14F3N3O2. The van der Waals surface area contributed by atoms with Gasteiger partial charge in [0.15, 0.2) is 0 Å². The van der Waals surface area contributed by atoms with E-state index in [1.807, 2.05) is 0 Å². The van der Waals surface area contributed by atoms with Crippen LogP contribution in [0.4, 0.5) is 13.2 Å². The predicted octanol–water partition coefficient (Wildman–Crippen LogP) is 4.07. The number of nitrogens with zero attached hydrogens (tertiary/aromatic N) is 2. The average molecular weight is 373 g/mol. The zero-order chi connectivity index (χ0) is 19.4. The molecule has 1 heterocycles. The first-order valence-electron chi connectivity index (χ1n) is 7.88. The summed E-state index contributed by atoms with van der Waals surface area (Å²) in [7, 11) is 1.47. The van der Waals surface area contributed by atoms with E-state index in [2.05, 4.69) is 20.0 Å². The molecule has 1 N–H and O–H groups in total. The van der Waals surface area contributed by atoms with E-state index in [0.29, 0.717) is 16.8 Å². The number of para-hydroxylation sites is 1. The third-order valence-corrected chi connectivity index (χ3v) is 3.67. The topological polar surface area (TPSA) is 64.1 Å². The zero-order valence-electron chi connectivity index (χ0n) is 14.1. The van der Waals surface area contributed by atoms with Crippen molar-refractivity contribution in [3.63, 3.8) is 0 Å². The molecule has 0 saturated heterocycles. The van der Waals surface area contributed by atoms with Gasteiger partial charge in [-0.1, -0.05) is 36.4 Å². The largest absolute Gasteiger partial charge is 0.573 e. The van der Waals surface area contributed by atoms with Crippen LogP contribution in [0.25, 0.3) is 22.4 Å². The van der Waals surface area contributed by atoms with Gasteiger partial charge in [-0.25, -0.2) is 9.97 Å². The minimum atomic E-state index is -4.79. The molecular weight excluding hydrogens is 359 g/mol. The maximum absolute atomic E-state index is 12.7. The number of benzene rings is 2. The van der Waals surface area contributed by atoms with Crippen LogP contribution in [-0.2, 0) is 0 Å². The van der Waals surface area contributed by atoms with Gasteiger partial charge in [0.05, 0.1) is 5.69 Å². The third kappa shape index (κ3) is 4.41. The summed E-state index contributed by atoms with van der Waals surface area (Å²) >= 11 is 0. The van der Waals surface area contributed by atoms with Gasteiger partial charge in [0, 0.05) is 24.4 Å². The fourth-order valence-electron chi connectivity index (χ4n) is 2.51. The molecule has 3 rings (SSSR count). The molecule has 5 nitrogen and oxygen atoms in total. The number of nitrogens with one attached hydrogen (secondary N) is 1. The highest BCUT2D eigenvalue weighted by atomic mass is 19.4. The van der Waals surface area contributed by atoms with Crippen LogP contribution in [0.3, 0.4) is 0 Å². The van der Waals surface area contributed by atoms with E-state index < -0.39 is 12.3 Å². The maximum Gasteiger partial charge on any atom is 0.573 e. The summed E-state index contributed by atoms with van der Waals surface area (Å²) in [5.74, 6) is -0.728. The standard InChI is InChI=1S/C19H14F3N3O2/c1-23-18(26)17-24-10-9-15(25-17)13-6-4-5-12(11-13)14-7-2-3-8-16(14)27-19(20,21)22/h2-11H,1H3,(H,23,26). The van der Waals surface area contributed by atoms with Gasteiger partial charge in [0.1, 0.15) is 5.75 Å². The van der Waals surface area contributed by atoms with Gasteiger partial charge < -0.3 is 10.1 Å². The lowest BCUT2D eigenvalue weighted by Gasteiger charge is -2.14. The van der Waals surface area contributed by atoms with Crippen LogP contribution in [0, 0.1) is 0 Å². The number of amides is 1. The molecule has 3 aromatic rings. The molecule has 8 heteroatoms. The molecule has 0 radical (unpaired) electrons. The van der Waals surface area contributed by atoms with Crippen molar-refractivity contribution in [1.82, 2.24) is 15.3 Å². The van der Waals surface area contributed by atoms with E-state index in [1.165, 1.54) is 31.4 Å². The van der Waals surface area contributed by atoms with E-state index in [1.54, 1.807) is 36.4 Å². The van der Waals surface area contributed by atoms with Crippen LogP contribution in [0.2, 0.25) is 0 Å². The lowest BCUT2D eigenvalue weighted by Crippen LogP contribution is -2.20. The summed E-state index contributed by atoms with van der Waals surface area (Å²) in [6, 6.07) is 14.3. The summed E-state index contributed by atoms with van der Waals surface area (Å²) in [4.78, 5) is 19.8. The van der Waals surface area contributed by atoms with Crippen LogP contribution in [0.15, 0.2) is 60.8 Å². The molecule has 138 valence electrons. The minimum absolute atomic E-state index is 0.00112. The highest BCUT2D eigenvalue weighted by Crippen LogP contribution is 2.35. The predicted molar refractivity (Wildman–Crippen MR) is 93.0 cm³/mol. The van der Waals surface area contributed by atoms with E-state index in [9.17, 15) is 18.0 Å². The van der Waals surface area contributed by atoms with Crippen LogP contribution in [0.1, 0.15) is 10.6 Å². The summed E-state index contributed by atoms with van der Waals surface area (Å²) in [6.45, 7) is 0. The number of alkyl halides is 3. The normalized spacial score (nSPS) is 11.1. The molecule has 0 aliphatic rings. The van der Waals surface area contributed by atoms with Crippen LogP contribution < -0.4 is 10.1 Å². The fourth-order valence-corrected chi connectivity index (χ4v) is 2.51. The fraction of sp³-hybridized carbons (Fsp3) is 0.105. The molecule has 0 spiro atoms. The molecule has 0 bridgehead atoms. The second kappa shape index (κ2) is 7.45. The Morgan fingerprint density at radius 3 is 2.52 bits per heavy atom. The summed E-state index contributed by atoms with van der Waals surface area (Å²) in [6.07, 6.45) is -3.34. The number of carbonyl (C=O) groups excluding carboxylic acids is 1. The van der Waals surface area contributed by atoms with E-state index in [4.69, 9.17) is 0 Å². The van der Waals surface area contributed by atoms with Crippen molar-refractivity contribution in [1.29, 1.82) is 0 Å². The first-order chi connectivity index (χ1) is 12.9. The quantitative estimate of drug-likeness (QED) is 0.749. The molecule has 27 heavy (non-hydrogen) atoms. The highest BCUT2D eigenvalue weighted by Gasteiger charge is 2.32. The van der Waals surface area contributed by atoms with E-state index >= 15 is 0 Å². The second-order valence-electron chi connectivity index (χ2n) is 5.47. The molecule has 2 aromatic carbocycles. The Kier molecular flexibility index (Phi) is 5.07. The number of hydrogen-bond donors (Lipinski definition) is 1. The van der Waals surface area contributed by atoms with Gasteiger partial charge in [-0.15, -0.1) is 13.2 Å². The molecule has 0 aliphatic heterocycles. The Morgan fingerprint density at radius 1 is 1.04 bits per heavy atom. The van der Waals surface area contributed by atoms with Crippen molar-refractivity contribution in [2.45, 2.75) is 6.36 Å². The molecule has 0 atom stereocenters. The van der Waals surface area contributed by atoms with Crippen molar-refractivity contribution >= 4 is 5.91 Å². The van der Waals surface area contributed by atoms with Gasteiger partial charge in [-0.3, -0.25) is 4.79 Å². The van der Waals surface area contributed by atoms with Gasteiger partial charge >= 0.3 is 6.36 Å². The summed E-state index contributed by atoms with van der Waals surface area (Å²) in [5.41, 5.74) is 1.91. The van der Waals surface area contributed by atoms with Crippen molar-refractivity contribution in [2.75, 3.05) is 7.05 Å². The molecule has 0 unspecified atom stereocenters. The van der Waals surface area contributed by atoms with Gasteiger partial charge in [-0.05, 0) is 23.8 Å². The molecule has 1 amide bonds. The Morgan fingerprint density at radius 2 is 1.78 bits per heavy atom. The zero-order valence-corrected chi connectivity index (χ0v) is 14.1. The van der Waals surface area contributed by atoms with Crippen LogP contribution in [-0.4, -0.2) is 29.3 Å². The Balaban J connectivity index is 2.02. The number of ether oxygens (including phenoxy) is 1. The van der Waals surface area contributed by atoms with Gasteiger partial charge in [-0.2, -0.15) is 0 Å². The third-order valence-electron chi connectivity index (χ3n) is 3.67. The van der Waals surface area contributed by atoms with E-state index in [0.717, 1.165) is 0 Å². The highest BCUT2D eigenvalue weighted by molar-refractivity contribution is 5.90. The maximum atomic E-state index is 12.7. The van der Waals surface area contributed by atoms with E-state index in [-0.39, 0.29) is 17.1 Å². The van der Waals surface area contributed by atoms with Crippen molar-refractivity contribution in [3.8, 4) is 28.1 Å². The van der Waals surface area contributed by atoms with Gasteiger partial charge in [0.2, 0.25) is 5.82 Å². The van der Waals surface area contributed by atoms with Crippen molar-refractivity contribution in [2.24, 2.45) is 0 Å². The van der Waals surface area contributed by atoms with Crippen LogP contribution in [0.5, 0.6) is 5.75 Å². The monoisotopic (exact) mass is 373 g/mol. The number of halogens is 3. The lowest BCUT2D eigenvalue weighted by atomic mass is 10.0. The first-order valence-corrected chi connectivity index (χ1v) is 7.88. The number of rotatable bonds is 4. The molecule has 0 saturated carbocycles. The molecule has 1 aromatic heterocycles. The van der Waals surface area contributed by atoms with Crippen molar-refractivity contribution in [3.05, 3.63) is 66.6 Å². The number of aromatic nitrogens is 2. The lowest BCUT2D eigenvalue weighted by molar-refractivity contribution is -0.274. The van der Waals surface area contributed by atoms with Crippen LogP contribution >= 0.6 is 0 Å².